The van der Waals surface area contributed by atoms with Crippen LogP contribution in [0.1, 0.15) is 18.4 Å². The van der Waals surface area contributed by atoms with Crippen molar-refractivity contribution in [2.75, 3.05) is 24.1 Å². The Morgan fingerprint density at radius 1 is 1.16 bits per heavy atom. The van der Waals surface area contributed by atoms with E-state index in [4.69, 9.17) is 33.4 Å². The molecule has 31 heavy (non-hydrogen) atoms. The van der Waals surface area contributed by atoms with E-state index in [0.29, 0.717) is 45.9 Å². The number of fused-ring (bicyclic) bond motifs is 1. The summed E-state index contributed by atoms with van der Waals surface area (Å²) >= 11 is 12.3. The number of rotatable bonds is 6. The largest absolute Gasteiger partial charge is 0.461 e. The highest BCUT2D eigenvalue weighted by molar-refractivity contribution is 6.34. The summed E-state index contributed by atoms with van der Waals surface area (Å²) in [6, 6.07) is 9.53. The lowest BCUT2D eigenvalue weighted by Gasteiger charge is -2.25. The lowest BCUT2D eigenvalue weighted by molar-refractivity contribution is 0.254. The second-order valence-electron chi connectivity index (χ2n) is 7.46. The van der Waals surface area contributed by atoms with Crippen LogP contribution in [-0.2, 0) is 6.54 Å². The molecule has 11 heteroatoms. The Morgan fingerprint density at radius 3 is 2.77 bits per heavy atom. The molecule has 1 atom stereocenters. The van der Waals surface area contributed by atoms with Crippen molar-refractivity contribution >= 4 is 40.9 Å². The van der Waals surface area contributed by atoms with Crippen molar-refractivity contribution in [1.29, 1.82) is 0 Å². The number of hydrogen-bond donors (Lipinski definition) is 2. The number of aromatic nitrogens is 5. The van der Waals surface area contributed by atoms with E-state index in [1.807, 2.05) is 12.1 Å². The van der Waals surface area contributed by atoms with Crippen LogP contribution in [0.15, 0.2) is 41.0 Å². The molecule has 1 fully saturated rings. The van der Waals surface area contributed by atoms with Crippen molar-refractivity contribution in [1.82, 2.24) is 29.5 Å². The van der Waals surface area contributed by atoms with Crippen LogP contribution in [0, 0.1) is 0 Å². The number of nitrogen functional groups attached to an aromatic ring is 1. The van der Waals surface area contributed by atoms with Gasteiger partial charge in [0, 0.05) is 29.2 Å². The number of anilines is 2. The molecule has 5 rings (SSSR count). The number of nitrogens with two attached hydrogens (primary N) is 1. The molecular weight excluding hydrogens is 439 g/mol. The van der Waals surface area contributed by atoms with Gasteiger partial charge in [0.25, 0.3) is 5.78 Å². The molecule has 9 nitrogen and oxygen atoms in total. The fraction of sp³-hybridized carbons (Fsp3) is 0.300. The molecule has 4 heterocycles. The lowest BCUT2D eigenvalue weighted by Crippen LogP contribution is -2.34. The third kappa shape index (κ3) is 4.30. The lowest BCUT2D eigenvalue weighted by atomic mass is 10.2. The monoisotopic (exact) mass is 458 g/mol. The number of likely N-dealkylation sites (tertiary alicyclic amines) is 1. The predicted octanol–water partition coefficient (Wildman–Crippen LogP) is 3.74. The second-order valence-corrected chi connectivity index (χ2v) is 8.33. The highest BCUT2D eigenvalue weighted by atomic mass is 35.5. The molecule has 0 radical (unpaired) electrons. The van der Waals surface area contributed by atoms with Gasteiger partial charge < -0.3 is 15.5 Å². The standard InChI is InChI=1S/C20H20Cl2N8O/c21-13-7-12(8-14(22)9-13)11-29-5-1-3-15(29)10-24-19-26-18(23)30-20(27-19)25-17(28-30)16-4-2-6-31-16/h2,4,6-9,15H,1,3,5,10-11H2,(H3,23,24,25,26,27,28)/t15-/m1/s1. The highest BCUT2D eigenvalue weighted by Crippen LogP contribution is 2.25. The summed E-state index contributed by atoms with van der Waals surface area (Å²) in [4.78, 5) is 15.6. The van der Waals surface area contributed by atoms with E-state index in [1.165, 1.54) is 4.52 Å². The first-order valence-corrected chi connectivity index (χ1v) is 10.7. The first-order valence-electron chi connectivity index (χ1n) is 9.92. The quantitative estimate of drug-likeness (QED) is 0.449. The molecule has 1 aliphatic heterocycles. The van der Waals surface area contributed by atoms with Crippen LogP contribution in [0.5, 0.6) is 0 Å². The van der Waals surface area contributed by atoms with Crippen molar-refractivity contribution in [2.45, 2.75) is 25.4 Å². The van der Waals surface area contributed by atoms with E-state index < -0.39 is 0 Å². The van der Waals surface area contributed by atoms with E-state index in [-0.39, 0.29) is 5.95 Å². The summed E-state index contributed by atoms with van der Waals surface area (Å²) in [5.74, 6) is 1.93. The first-order chi connectivity index (χ1) is 15.0. The molecule has 3 N–H and O–H groups in total. The molecular formula is C20H20Cl2N8O. The van der Waals surface area contributed by atoms with Crippen LogP contribution in [0.25, 0.3) is 17.4 Å². The Hall–Kier alpha value is -2.88. The van der Waals surface area contributed by atoms with Gasteiger partial charge in [-0.3, -0.25) is 4.90 Å². The minimum atomic E-state index is 0.203. The van der Waals surface area contributed by atoms with Gasteiger partial charge in [0.2, 0.25) is 17.7 Å². The number of halogens is 2. The molecule has 0 amide bonds. The van der Waals surface area contributed by atoms with Gasteiger partial charge in [-0.1, -0.05) is 23.2 Å². The third-order valence-electron chi connectivity index (χ3n) is 5.28. The van der Waals surface area contributed by atoms with Crippen LogP contribution >= 0.6 is 23.2 Å². The maximum absolute atomic E-state index is 6.15. The minimum absolute atomic E-state index is 0.203. The number of hydrogen-bond acceptors (Lipinski definition) is 8. The molecule has 160 valence electrons. The average molecular weight is 459 g/mol. The zero-order valence-electron chi connectivity index (χ0n) is 16.5. The first kappa shape index (κ1) is 20.0. The summed E-state index contributed by atoms with van der Waals surface area (Å²) in [6.45, 7) is 2.48. The zero-order chi connectivity index (χ0) is 21.4. The molecule has 1 aliphatic rings. The Kier molecular flexibility index (Phi) is 5.39. The van der Waals surface area contributed by atoms with Gasteiger partial charge in [-0.15, -0.1) is 5.10 Å². The Morgan fingerprint density at radius 2 is 2.00 bits per heavy atom. The van der Waals surface area contributed by atoms with E-state index in [0.717, 1.165) is 31.5 Å². The third-order valence-corrected chi connectivity index (χ3v) is 5.71. The minimum Gasteiger partial charge on any atom is -0.461 e. The summed E-state index contributed by atoms with van der Waals surface area (Å²) < 4.78 is 6.74. The maximum Gasteiger partial charge on any atom is 0.259 e. The fourth-order valence-corrected chi connectivity index (χ4v) is 4.45. The number of nitrogens with one attached hydrogen (secondary N) is 1. The van der Waals surface area contributed by atoms with Crippen molar-refractivity contribution in [3.63, 3.8) is 0 Å². The number of benzene rings is 1. The number of furan rings is 1. The van der Waals surface area contributed by atoms with Gasteiger partial charge in [0.15, 0.2) is 5.76 Å². The zero-order valence-corrected chi connectivity index (χ0v) is 18.0. The van der Waals surface area contributed by atoms with Gasteiger partial charge in [-0.25, -0.2) is 0 Å². The van der Waals surface area contributed by atoms with E-state index in [9.17, 15) is 0 Å². The number of nitrogens with zero attached hydrogens (tertiary/aromatic N) is 6. The van der Waals surface area contributed by atoms with E-state index in [1.54, 1.807) is 24.5 Å². The Labute approximate surface area is 188 Å². The molecule has 0 bridgehead atoms. The molecule has 3 aromatic heterocycles. The van der Waals surface area contributed by atoms with E-state index in [2.05, 4.69) is 30.3 Å². The van der Waals surface area contributed by atoms with Gasteiger partial charge in [-0.2, -0.15) is 19.5 Å². The molecule has 1 saturated heterocycles. The van der Waals surface area contributed by atoms with Gasteiger partial charge in [0.1, 0.15) is 0 Å². The van der Waals surface area contributed by atoms with Crippen LogP contribution in [-0.4, -0.2) is 48.6 Å². The van der Waals surface area contributed by atoms with Crippen LogP contribution in [0.4, 0.5) is 11.9 Å². The van der Waals surface area contributed by atoms with Crippen molar-refractivity contribution in [2.24, 2.45) is 0 Å². The molecule has 0 aliphatic carbocycles. The summed E-state index contributed by atoms with van der Waals surface area (Å²) in [6.07, 6.45) is 3.76. The van der Waals surface area contributed by atoms with Gasteiger partial charge >= 0.3 is 0 Å². The maximum atomic E-state index is 6.15. The van der Waals surface area contributed by atoms with Crippen molar-refractivity contribution in [3.8, 4) is 11.6 Å². The highest BCUT2D eigenvalue weighted by Gasteiger charge is 2.25. The van der Waals surface area contributed by atoms with Gasteiger partial charge in [-0.05, 0) is 55.3 Å². The van der Waals surface area contributed by atoms with Gasteiger partial charge in [0.05, 0.1) is 6.26 Å². The van der Waals surface area contributed by atoms with Crippen molar-refractivity contribution in [3.05, 3.63) is 52.2 Å². The smallest absolute Gasteiger partial charge is 0.259 e. The van der Waals surface area contributed by atoms with Crippen LogP contribution in [0.3, 0.4) is 0 Å². The SMILES string of the molecule is Nc1nc(NC[C@H]2CCCN2Cc2cc(Cl)cc(Cl)c2)nc2nc(-c3ccco3)nn12. The van der Waals surface area contributed by atoms with E-state index >= 15 is 0 Å². The summed E-state index contributed by atoms with van der Waals surface area (Å²) in [5, 5.41) is 8.91. The Balaban J connectivity index is 1.29. The summed E-state index contributed by atoms with van der Waals surface area (Å²) in [7, 11) is 0. The second kappa shape index (κ2) is 8.33. The average Bonchev–Trinajstić information content (AvgIpc) is 3.46. The topological polar surface area (TPSA) is 110 Å². The van der Waals surface area contributed by atoms with Crippen LogP contribution < -0.4 is 11.1 Å². The molecule has 0 spiro atoms. The fourth-order valence-electron chi connectivity index (χ4n) is 3.88. The summed E-state index contributed by atoms with van der Waals surface area (Å²) in [5.41, 5.74) is 7.17. The molecule has 1 aromatic carbocycles. The molecule has 0 saturated carbocycles. The predicted molar refractivity (Wildman–Crippen MR) is 119 cm³/mol. The molecule has 4 aromatic rings. The normalized spacial score (nSPS) is 16.9. The molecule has 0 unspecified atom stereocenters. The van der Waals surface area contributed by atoms with Crippen molar-refractivity contribution < 1.29 is 4.42 Å². The van der Waals surface area contributed by atoms with Crippen LogP contribution in [0.2, 0.25) is 10.0 Å². The Bertz CT molecular complexity index is 1190.